The number of hydrogen-bond acceptors (Lipinski definition) is 9. The van der Waals surface area contributed by atoms with E-state index in [4.69, 9.17) is 14.0 Å². The molecule has 0 heterocycles. The number of aliphatic carboxylic acids is 1. The molecule has 0 aliphatic rings. The van der Waals surface area contributed by atoms with Gasteiger partial charge >= 0.3 is 12.1 Å². The molecule has 2 atom stereocenters. The lowest BCUT2D eigenvalue weighted by Gasteiger charge is -2.35. The predicted octanol–water partition coefficient (Wildman–Crippen LogP) is 0.653. The first-order chi connectivity index (χ1) is 13.3. The molecule has 0 aromatic heterocycles. The maximum Gasteiger partial charge on any atom is 0.507 e. The molecule has 0 aliphatic heterocycles. The molecule has 0 aromatic carbocycles. The fourth-order valence-electron chi connectivity index (χ4n) is 2.42. The number of unbranched alkanes of at least 4 members (excludes halogenated alkanes) is 1. The van der Waals surface area contributed by atoms with Crippen LogP contribution < -0.4 is 5.32 Å². The SMILES string of the molecule is COC(=O)OCCCCC(OS(=O)(=O)CCCNC(C)=O)C(C)(C)[C@@H](O)C(=O)O. The molecule has 12 heteroatoms. The summed E-state index contributed by atoms with van der Waals surface area (Å²) in [5, 5.41) is 21.6. The Bertz CT molecular complexity index is 647. The minimum absolute atomic E-state index is 0.0325. The Labute approximate surface area is 170 Å². The van der Waals surface area contributed by atoms with E-state index in [9.17, 15) is 27.9 Å². The van der Waals surface area contributed by atoms with Gasteiger partial charge in [0.2, 0.25) is 5.91 Å². The van der Waals surface area contributed by atoms with Gasteiger partial charge in [-0.3, -0.25) is 8.98 Å². The second-order valence-corrected chi connectivity index (χ2v) is 8.76. The number of aliphatic hydroxyl groups is 1. The van der Waals surface area contributed by atoms with E-state index in [0.29, 0.717) is 12.8 Å². The van der Waals surface area contributed by atoms with Gasteiger partial charge in [-0.2, -0.15) is 8.42 Å². The quantitative estimate of drug-likeness (QED) is 0.198. The van der Waals surface area contributed by atoms with E-state index in [2.05, 4.69) is 10.1 Å². The number of carbonyl (C=O) groups is 3. The molecular weight excluding hydrogens is 410 g/mol. The topological polar surface area (TPSA) is 166 Å². The van der Waals surface area contributed by atoms with Crippen molar-refractivity contribution in [2.75, 3.05) is 26.0 Å². The zero-order chi connectivity index (χ0) is 22.7. The fraction of sp³-hybridized carbons (Fsp3) is 0.824. The predicted molar refractivity (Wildman–Crippen MR) is 102 cm³/mol. The largest absolute Gasteiger partial charge is 0.507 e. The monoisotopic (exact) mass is 441 g/mol. The van der Waals surface area contributed by atoms with E-state index in [1.807, 2.05) is 0 Å². The van der Waals surface area contributed by atoms with Crippen molar-refractivity contribution in [2.24, 2.45) is 5.41 Å². The van der Waals surface area contributed by atoms with E-state index in [0.717, 1.165) is 0 Å². The molecule has 29 heavy (non-hydrogen) atoms. The highest BCUT2D eigenvalue weighted by molar-refractivity contribution is 7.86. The molecule has 11 nitrogen and oxygen atoms in total. The lowest BCUT2D eigenvalue weighted by atomic mass is 9.78. The van der Waals surface area contributed by atoms with Crippen LogP contribution in [0.4, 0.5) is 4.79 Å². The Morgan fingerprint density at radius 3 is 2.28 bits per heavy atom. The van der Waals surface area contributed by atoms with Gasteiger partial charge in [-0.05, 0) is 25.7 Å². The molecule has 0 saturated heterocycles. The van der Waals surface area contributed by atoms with E-state index in [1.165, 1.54) is 27.9 Å². The molecule has 0 bridgehead atoms. The van der Waals surface area contributed by atoms with Crippen LogP contribution in [0.15, 0.2) is 0 Å². The Kier molecular flexibility index (Phi) is 11.8. The zero-order valence-electron chi connectivity index (χ0n) is 17.2. The van der Waals surface area contributed by atoms with Crippen LogP contribution in [0.1, 0.15) is 46.5 Å². The second kappa shape index (κ2) is 12.6. The van der Waals surface area contributed by atoms with Crippen molar-refractivity contribution in [2.45, 2.75) is 58.7 Å². The number of amides is 1. The first kappa shape index (κ1) is 27.1. The maximum atomic E-state index is 12.3. The molecule has 0 aromatic rings. The summed E-state index contributed by atoms with van der Waals surface area (Å²) in [6.07, 6.45) is -2.90. The van der Waals surface area contributed by atoms with Gasteiger partial charge in [0.1, 0.15) is 0 Å². The van der Waals surface area contributed by atoms with Crippen molar-refractivity contribution in [3.63, 3.8) is 0 Å². The third-order valence-corrected chi connectivity index (χ3v) is 5.54. The van der Waals surface area contributed by atoms with Crippen LogP contribution in [-0.2, 0) is 33.4 Å². The molecule has 1 amide bonds. The van der Waals surface area contributed by atoms with Crippen LogP contribution in [0, 0.1) is 5.41 Å². The maximum absolute atomic E-state index is 12.3. The lowest BCUT2D eigenvalue weighted by molar-refractivity contribution is -0.158. The van der Waals surface area contributed by atoms with Crippen molar-refractivity contribution in [3.05, 3.63) is 0 Å². The number of rotatable bonds is 14. The number of hydrogen-bond donors (Lipinski definition) is 3. The first-order valence-electron chi connectivity index (χ1n) is 9.10. The Hall–Kier alpha value is -1.92. The van der Waals surface area contributed by atoms with Crippen LogP contribution in [-0.4, -0.2) is 74.9 Å². The van der Waals surface area contributed by atoms with Crippen LogP contribution in [0.25, 0.3) is 0 Å². The van der Waals surface area contributed by atoms with Crippen LogP contribution in [0.5, 0.6) is 0 Å². The number of carboxylic acids is 1. The lowest BCUT2D eigenvalue weighted by Crippen LogP contribution is -2.47. The summed E-state index contributed by atoms with van der Waals surface area (Å²) in [4.78, 5) is 33.0. The third kappa shape index (κ3) is 11.0. The molecule has 0 fully saturated rings. The Morgan fingerprint density at radius 1 is 1.14 bits per heavy atom. The molecule has 0 spiro atoms. The molecule has 0 radical (unpaired) electrons. The first-order valence-corrected chi connectivity index (χ1v) is 10.7. The van der Waals surface area contributed by atoms with Crippen molar-refractivity contribution in [1.82, 2.24) is 5.32 Å². The molecule has 0 saturated carbocycles. The standard InChI is InChI=1S/C17H31NO10S/c1-12(19)18-9-7-11-29(24,25)28-13(17(2,3)14(20)15(21)22)8-5-6-10-27-16(23)26-4/h13-14,20H,5-11H2,1-4H3,(H,18,19)(H,21,22)/t13?,14-/m0/s1. The van der Waals surface area contributed by atoms with Gasteiger partial charge in [-0.15, -0.1) is 0 Å². The van der Waals surface area contributed by atoms with Crippen molar-refractivity contribution in [1.29, 1.82) is 0 Å². The van der Waals surface area contributed by atoms with Gasteiger partial charge in [0.25, 0.3) is 10.1 Å². The van der Waals surface area contributed by atoms with Crippen molar-refractivity contribution < 1.29 is 46.7 Å². The second-order valence-electron chi connectivity index (χ2n) is 7.04. The highest BCUT2D eigenvalue weighted by Crippen LogP contribution is 2.33. The van der Waals surface area contributed by atoms with E-state index < -0.39 is 39.9 Å². The van der Waals surface area contributed by atoms with E-state index >= 15 is 0 Å². The highest BCUT2D eigenvalue weighted by atomic mass is 32.2. The van der Waals surface area contributed by atoms with Crippen LogP contribution in [0.2, 0.25) is 0 Å². The number of methoxy groups -OCH3 is 1. The normalized spacial score (nSPS) is 14.0. The van der Waals surface area contributed by atoms with Gasteiger partial charge in [0.05, 0.1) is 25.6 Å². The Morgan fingerprint density at radius 2 is 1.76 bits per heavy atom. The number of carbonyl (C=O) groups excluding carboxylic acids is 2. The fourth-order valence-corrected chi connectivity index (χ4v) is 3.72. The number of carboxylic acid groups (broad SMARTS) is 1. The van der Waals surface area contributed by atoms with Gasteiger partial charge < -0.3 is 25.0 Å². The molecule has 1 unspecified atom stereocenters. The summed E-state index contributed by atoms with van der Waals surface area (Å²) in [5.74, 6) is -2.17. The van der Waals surface area contributed by atoms with E-state index in [1.54, 1.807) is 0 Å². The minimum Gasteiger partial charge on any atom is -0.479 e. The molecular formula is C17H31NO10S. The van der Waals surface area contributed by atoms with E-state index in [-0.39, 0.29) is 37.7 Å². The minimum atomic E-state index is -4.04. The van der Waals surface area contributed by atoms with Gasteiger partial charge in [-0.1, -0.05) is 13.8 Å². The number of ether oxygens (including phenoxy) is 2. The number of aliphatic hydroxyl groups excluding tert-OH is 1. The van der Waals surface area contributed by atoms with Crippen LogP contribution in [0.3, 0.4) is 0 Å². The van der Waals surface area contributed by atoms with Gasteiger partial charge in [0, 0.05) is 18.9 Å². The smallest absolute Gasteiger partial charge is 0.479 e. The average molecular weight is 441 g/mol. The summed E-state index contributed by atoms with van der Waals surface area (Å²) in [7, 11) is -2.88. The summed E-state index contributed by atoms with van der Waals surface area (Å²) < 4.78 is 38.9. The van der Waals surface area contributed by atoms with Crippen LogP contribution >= 0.6 is 0 Å². The van der Waals surface area contributed by atoms with Crippen molar-refractivity contribution >= 4 is 28.1 Å². The highest BCUT2D eigenvalue weighted by Gasteiger charge is 2.43. The molecule has 3 N–H and O–H groups in total. The summed E-state index contributed by atoms with van der Waals surface area (Å²) in [6, 6.07) is 0. The molecule has 0 rings (SSSR count). The number of nitrogens with one attached hydrogen (secondary N) is 1. The molecule has 170 valence electrons. The van der Waals surface area contributed by atoms with Gasteiger partial charge in [-0.25, -0.2) is 9.59 Å². The summed E-state index contributed by atoms with van der Waals surface area (Å²) in [6.45, 7) is 4.28. The summed E-state index contributed by atoms with van der Waals surface area (Å²) >= 11 is 0. The molecule has 0 aliphatic carbocycles. The summed E-state index contributed by atoms with van der Waals surface area (Å²) in [5.41, 5.74) is -1.42. The van der Waals surface area contributed by atoms with Crippen molar-refractivity contribution in [3.8, 4) is 0 Å². The zero-order valence-corrected chi connectivity index (χ0v) is 18.0. The Balaban J connectivity index is 5.01. The van der Waals surface area contributed by atoms with Gasteiger partial charge in [0.15, 0.2) is 6.10 Å². The third-order valence-electron chi connectivity index (χ3n) is 4.22. The average Bonchev–Trinajstić information content (AvgIpc) is 2.62.